The normalized spacial score (nSPS) is 10.7. The van der Waals surface area contributed by atoms with Crippen LogP contribution in [0.2, 0.25) is 0 Å². The summed E-state index contributed by atoms with van der Waals surface area (Å²) in [5.41, 5.74) is 4.57. The summed E-state index contributed by atoms with van der Waals surface area (Å²) in [6, 6.07) is 20.1. The summed E-state index contributed by atoms with van der Waals surface area (Å²) in [6.07, 6.45) is 1.46. The highest BCUT2D eigenvalue weighted by Gasteiger charge is 2.13. The van der Waals surface area contributed by atoms with Crippen LogP contribution in [0.25, 0.3) is 0 Å². The Hall–Kier alpha value is -5.17. The fourth-order valence-electron chi connectivity index (χ4n) is 3.36. The van der Waals surface area contributed by atoms with Crippen molar-refractivity contribution in [3.63, 3.8) is 0 Å². The number of benzene rings is 3. The van der Waals surface area contributed by atoms with Crippen LogP contribution < -0.4 is 20.2 Å². The molecule has 0 radical (unpaired) electrons. The van der Waals surface area contributed by atoms with Crippen LogP contribution in [0.3, 0.4) is 0 Å². The molecule has 0 saturated heterocycles. The van der Waals surface area contributed by atoms with Gasteiger partial charge in [0.25, 0.3) is 11.6 Å². The lowest BCUT2D eigenvalue weighted by Crippen LogP contribution is -2.19. The first-order valence-corrected chi connectivity index (χ1v) is 12.8. The molecule has 204 valence electrons. The van der Waals surface area contributed by atoms with E-state index in [4.69, 9.17) is 9.47 Å². The molecule has 0 aliphatic heterocycles. The third kappa shape index (κ3) is 8.16. The Balaban J connectivity index is 1.16. The molecule has 0 aliphatic carbocycles. The summed E-state index contributed by atoms with van der Waals surface area (Å²) in [5, 5.41) is 26.0. The number of hydrogen-bond donors (Lipinski definition) is 2. The molecular formula is C27H24N6O6S. The summed E-state index contributed by atoms with van der Waals surface area (Å²) >= 11 is 1.12. The predicted molar refractivity (Wildman–Crippen MR) is 149 cm³/mol. The van der Waals surface area contributed by atoms with Crippen molar-refractivity contribution in [2.24, 2.45) is 5.10 Å². The molecule has 40 heavy (non-hydrogen) atoms. The minimum atomic E-state index is -0.470. The molecule has 4 aromatic rings. The molecule has 1 aromatic heterocycles. The fraction of sp³-hybridized carbons (Fsp3) is 0.148. The molecule has 0 saturated carbocycles. The average Bonchev–Trinajstić information content (AvgIpc) is 3.38. The molecule has 0 aliphatic rings. The number of anilines is 1. The number of aryl methyl sites for hydroxylation is 1. The monoisotopic (exact) mass is 560 g/mol. The van der Waals surface area contributed by atoms with Gasteiger partial charge in [0.1, 0.15) is 29.7 Å². The van der Waals surface area contributed by atoms with Gasteiger partial charge < -0.3 is 9.47 Å². The van der Waals surface area contributed by atoms with Gasteiger partial charge in [0.15, 0.2) is 0 Å². The lowest BCUT2D eigenvalue weighted by atomic mass is 10.1. The van der Waals surface area contributed by atoms with E-state index in [0.29, 0.717) is 27.2 Å². The largest absolute Gasteiger partial charge is 0.490 e. The van der Waals surface area contributed by atoms with Crippen molar-refractivity contribution in [2.75, 3.05) is 18.5 Å². The Labute approximate surface area is 232 Å². The Bertz CT molecular complexity index is 1500. The maximum Gasteiger partial charge on any atom is 0.269 e. The van der Waals surface area contributed by atoms with Gasteiger partial charge in [-0.2, -0.15) is 5.10 Å². The SMILES string of the molecule is Cc1ccccc1C(=O)Nc1nnc(CC(=O)NN=Cc2ccc(OCCOc3ccc([N+](=O)[O-])cc3)cc2)s1. The first-order chi connectivity index (χ1) is 19.4. The summed E-state index contributed by atoms with van der Waals surface area (Å²) in [7, 11) is 0. The first kappa shape index (κ1) is 27.9. The molecule has 13 heteroatoms. The number of hydrogen-bond acceptors (Lipinski definition) is 10. The smallest absolute Gasteiger partial charge is 0.269 e. The maximum absolute atomic E-state index is 12.4. The quantitative estimate of drug-likeness (QED) is 0.113. The standard InChI is InChI=1S/C27H24N6O6S/c1-18-4-2-3-5-23(18)26(35)29-27-32-31-25(40-27)16-24(34)30-28-17-19-6-10-21(11-7-19)38-14-15-39-22-12-8-20(9-13-22)33(36)37/h2-13,17H,14-16H2,1H3,(H,30,34)(H,29,32,35). The van der Waals surface area contributed by atoms with Crippen LogP contribution >= 0.6 is 11.3 Å². The fourth-order valence-corrected chi connectivity index (χ4v) is 4.09. The number of carbonyl (C=O) groups is 2. The number of hydrazone groups is 1. The number of nitro groups is 1. The number of carbonyl (C=O) groups excluding carboxylic acids is 2. The Morgan fingerprint density at radius 1 is 0.975 bits per heavy atom. The van der Waals surface area contributed by atoms with Crippen molar-refractivity contribution in [3.05, 3.63) is 105 Å². The zero-order valence-corrected chi connectivity index (χ0v) is 22.1. The number of rotatable bonds is 12. The highest BCUT2D eigenvalue weighted by Crippen LogP contribution is 2.19. The molecule has 0 spiro atoms. The topological polar surface area (TPSA) is 158 Å². The highest BCUT2D eigenvalue weighted by atomic mass is 32.1. The number of amides is 2. The molecule has 2 N–H and O–H groups in total. The number of aromatic nitrogens is 2. The minimum absolute atomic E-state index is 0.00121. The molecule has 0 atom stereocenters. The molecule has 0 bridgehead atoms. The first-order valence-electron chi connectivity index (χ1n) is 12.0. The van der Waals surface area contributed by atoms with Crippen molar-refractivity contribution >= 4 is 40.2 Å². The molecule has 0 unspecified atom stereocenters. The summed E-state index contributed by atoms with van der Waals surface area (Å²) < 4.78 is 11.1. The van der Waals surface area contributed by atoms with E-state index in [9.17, 15) is 19.7 Å². The molecule has 3 aromatic carbocycles. The molecule has 12 nitrogen and oxygen atoms in total. The lowest BCUT2D eigenvalue weighted by Gasteiger charge is -2.08. The zero-order valence-electron chi connectivity index (χ0n) is 21.3. The summed E-state index contributed by atoms with van der Waals surface area (Å²) in [4.78, 5) is 34.8. The number of nitrogens with zero attached hydrogens (tertiary/aromatic N) is 4. The third-order valence-electron chi connectivity index (χ3n) is 5.34. The zero-order chi connectivity index (χ0) is 28.3. The summed E-state index contributed by atoms with van der Waals surface area (Å²) in [6.45, 7) is 2.39. The summed E-state index contributed by atoms with van der Waals surface area (Å²) in [5.74, 6) is 0.466. The van der Waals surface area contributed by atoms with E-state index in [0.717, 1.165) is 22.5 Å². The Kier molecular flexibility index (Phi) is 9.45. The van der Waals surface area contributed by atoms with Gasteiger partial charge in [-0.15, -0.1) is 10.2 Å². The average molecular weight is 561 g/mol. The third-order valence-corrected chi connectivity index (χ3v) is 6.18. The van der Waals surface area contributed by atoms with Crippen molar-refractivity contribution < 1.29 is 24.0 Å². The maximum atomic E-state index is 12.4. The van der Waals surface area contributed by atoms with Gasteiger partial charge in [-0.05, 0) is 60.5 Å². The van der Waals surface area contributed by atoms with Gasteiger partial charge in [0.2, 0.25) is 11.0 Å². The second kappa shape index (κ2) is 13.6. The van der Waals surface area contributed by atoms with Crippen molar-refractivity contribution in [3.8, 4) is 11.5 Å². The predicted octanol–water partition coefficient (Wildman–Crippen LogP) is 4.16. The van der Waals surface area contributed by atoms with Gasteiger partial charge in [0, 0.05) is 17.7 Å². The van der Waals surface area contributed by atoms with E-state index in [2.05, 4.69) is 26.0 Å². The molecule has 0 fully saturated rings. The van der Waals surface area contributed by atoms with Gasteiger partial charge in [-0.25, -0.2) is 5.43 Å². The second-order valence-electron chi connectivity index (χ2n) is 8.26. The van der Waals surface area contributed by atoms with Gasteiger partial charge >= 0.3 is 0 Å². The second-order valence-corrected chi connectivity index (χ2v) is 9.32. The van der Waals surface area contributed by atoms with E-state index in [1.807, 2.05) is 19.1 Å². The number of nitro benzene ring substituents is 1. The van der Waals surface area contributed by atoms with Crippen LogP contribution in [-0.2, 0) is 11.2 Å². The van der Waals surface area contributed by atoms with E-state index in [1.165, 1.54) is 30.5 Å². The van der Waals surface area contributed by atoms with Crippen molar-refractivity contribution in [1.29, 1.82) is 0 Å². The van der Waals surface area contributed by atoms with Gasteiger partial charge in [0.05, 0.1) is 17.6 Å². The van der Waals surface area contributed by atoms with Crippen LogP contribution in [0, 0.1) is 17.0 Å². The molecule has 2 amide bonds. The van der Waals surface area contributed by atoms with Gasteiger partial charge in [-0.3, -0.25) is 25.0 Å². The van der Waals surface area contributed by atoms with Crippen LogP contribution in [-0.4, -0.2) is 46.4 Å². The molecule has 1 heterocycles. The number of nitrogens with one attached hydrogen (secondary N) is 2. The lowest BCUT2D eigenvalue weighted by molar-refractivity contribution is -0.384. The van der Waals surface area contributed by atoms with E-state index in [1.54, 1.807) is 36.4 Å². The number of ether oxygens (including phenoxy) is 2. The Morgan fingerprint density at radius 3 is 2.27 bits per heavy atom. The van der Waals surface area contributed by atoms with Crippen molar-refractivity contribution in [2.45, 2.75) is 13.3 Å². The van der Waals surface area contributed by atoms with Gasteiger partial charge in [-0.1, -0.05) is 29.5 Å². The van der Waals surface area contributed by atoms with Crippen LogP contribution in [0.4, 0.5) is 10.8 Å². The molecular weight excluding hydrogens is 536 g/mol. The molecule has 4 rings (SSSR count). The number of non-ortho nitro benzene ring substituents is 1. The van der Waals surface area contributed by atoms with Crippen LogP contribution in [0.5, 0.6) is 11.5 Å². The van der Waals surface area contributed by atoms with E-state index in [-0.39, 0.29) is 37.1 Å². The van der Waals surface area contributed by atoms with E-state index < -0.39 is 4.92 Å². The van der Waals surface area contributed by atoms with E-state index >= 15 is 0 Å². The van der Waals surface area contributed by atoms with Crippen molar-refractivity contribution in [1.82, 2.24) is 15.6 Å². The minimum Gasteiger partial charge on any atom is -0.490 e. The Morgan fingerprint density at radius 2 is 1.62 bits per heavy atom. The van der Waals surface area contributed by atoms with Crippen LogP contribution in [0.15, 0.2) is 77.9 Å². The van der Waals surface area contributed by atoms with Crippen LogP contribution in [0.1, 0.15) is 26.5 Å². The highest BCUT2D eigenvalue weighted by molar-refractivity contribution is 7.15.